The fourth-order valence-corrected chi connectivity index (χ4v) is 6.06. The summed E-state index contributed by atoms with van der Waals surface area (Å²) in [6.07, 6.45) is 4.96. The van der Waals surface area contributed by atoms with Crippen LogP contribution in [0.3, 0.4) is 0 Å². The van der Waals surface area contributed by atoms with Crippen LogP contribution in [0.5, 0.6) is 0 Å². The Morgan fingerprint density at radius 1 is 0.648 bits per heavy atom. The first-order valence-corrected chi connectivity index (χ1v) is 18.5. The van der Waals surface area contributed by atoms with Crippen molar-refractivity contribution >= 4 is 52.5 Å². The summed E-state index contributed by atoms with van der Waals surface area (Å²) in [5.41, 5.74) is 9.53. The number of nitrogens with zero attached hydrogens (tertiary/aromatic N) is 5. The number of amides is 4. The Bertz CT molecular complexity index is 1810. The molecule has 0 radical (unpaired) electrons. The molecule has 2 aliphatic rings. The number of nitrogen functional groups attached to an aromatic ring is 1. The van der Waals surface area contributed by atoms with Gasteiger partial charge in [-0.1, -0.05) is 31.4 Å². The average Bonchev–Trinajstić information content (AvgIpc) is 3.20. The molecule has 0 atom stereocenters. The molecule has 2 saturated heterocycles. The number of morpholine rings is 2. The molecule has 2 fully saturated rings. The van der Waals surface area contributed by atoms with E-state index >= 15 is 0 Å². The van der Waals surface area contributed by atoms with Gasteiger partial charge in [-0.15, -0.1) is 0 Å². The van der Waals surface area contributed by atoms with Crippen LogP contribution in [0.1, 0.15) is 48.9 Å². The summed E-state index contributed by atoms with van der Waals surface area (Å²) in [5, 5.41) is 11.5. The highest BCUT2D eigenvalue weighted by molar-refractivity contribution is 6.00. The van der Waals surface area contributed by atoms with Gasteiger partial charge >= 0.3 is 6.03 Å². The highest BCUT2D eigenvalue weighted by Crippen LogP contribution is 2.24. The number of hydrogen-bond donors (Lipinski definition) is 5. The highest BCUT2D eigenvalue weighted by atomic mass is 16.5. The number of hydrogen-bond acceptors (Lipinski definition) is 11. The summed E-state index contributed by atoms with van der Waals surface area (Å²) in [4.78, 5) is 56.2. The lowest BCUT2D eigenvalue weighted by atomic mass is 10.1. The fourth-order valence-electron chi connectivity index (χ4n) is 6.06. The molecule has 0 aliphatic carbocycles. The molecule has 1 aromatic heterocycles. The number of nitrogens with one attached hydrogen (secondary N) is 4. The highest BCUT2D eigenvalue weighted by Gasteiger charge is 2.21. The van der Waals surface area contributed by atoms with Gasteiger partial charge in [0, 0.05) is 61.6 Å². The summed E-state index contributed by atoms with van der Waals surface area (Å²) < 4.78 is 11.0. The quantitative estimate of drug-likeness (QED) is 0.0802. The first-order valence-electron chi connectivity index (χ1n) is 18.5. The minimum Gasteiger partial charge on any atom is -0.397 e. The molecule has 4 amide bonds. The van der Waals surface area contributed by atoms with Crippen molar-refractivity contribution < 1.29 is 23.9 Å². The molecule has 4 aromatic rings. The largest absolute Gasteiger partial charge is 0.397 e. The van der Waals surface area contributed by atoms with Crippen molar-refractivity contribution in [1.29, 1.82) is 0 Å². The predicted molar refractivity (Wildman–Crippen MR) is 210 cm³/mol. The third-order valence-corrected chi connectivity index (χ3v) is 9.11. The number of rotatable bonds is 15. The standard InChI is InChI=1S/C39H48N10O5/c40-32-8-5-6-9-33(32)44-34(50)10-4-2-1-3-7-19-41-36(51)29-13-17-31(18-14-29)43-39(52)42-30-15-11-28(12-16-30)35-45-37(48-20-24-53-25-21-48)47-38(46-35)49-22-26-54-27-23-49/h5-6,8-9,11-18H,1-4,7,10,19-27,40H2,(H,41,51)(H,44,50)(H2,42,43,52). The first kappa shape index (κ1) is 37.9. The second-order valence-corrected chi connectivity index (χ2v) is 13.1. The van der Waals surface area contributed by atoms with E-state index in [-0.39, 0.29) is 11.8 Å². The maximum absolute atomic E-state index is 12.8. The van der Waals surface area contributed by atoms with Crippen molar-refractivity contribution in [2.24, 2.45) is 0 Å². The van der Waals surface area contributed by atoms with Crippen LogP contribution in [0, 0.1) is 0 Å². The van der Waals surface area contributed by atoms with Crippen LogP contribution >= 0.6 is 0 Å². The van der Waals surface area contributed by atoms with Crippen LogP contribution in [-0.2, 0) is 14.3 Å². The Hall–Kier alpha value is -5.80. The number of aromatic nitrogens is 3. The van der Waals surface area contributed by atoms with Crippen molar-refractivity contribution in [2.45, 2.75) is 38.5 Å². The van der Waals surface area contributed by atoms with Crippen LogP contribution < -0.4 is 36.8 Å². The molecule has 15 heteroatoms. The number of unbranched alkanes of at least 4 members (excludes halogenated alkanes) is 4. The van der Waals surface area contributed by atoms with Crippen molar-refractivity contribution in [1.82, 2.24) is 20.3 Å². The molecule has 284 valence electrons. The van der Waals surface area contributed by atoms with E-state index in [4.69, 9.17) is 30.2 Å². The van der Waals surface area contributed by atoms with E-state index in [2.05, 4.69) is 31.1 Å². The number of carbonyl (C=O) groups excluding carboxylic acids is 3. The number of urea groups is 1. The van der Waals surface area contributed by atoms with E-state index in [1.54, 1.807) is 48.5 Å². The Morgan fingerprint density at radius 3 is 1.81 bits per heavy atom. The Morgan fingerprint density at radius 2 is 1.20 bits per heavy atom. The van der Waals surface area contributed by atoms with Gasteiger partial charge in [0.2, 0.25) is 17.8 Å². The molecular formula is C39H48N10O5. The van der Waals surface area contributed by atoms with E-state index in [1.807, 2.05) is 24.3 Å². The molecule has 0 saturated carbocycles. The van der Waals surface area contributed by atoms with Gasteiger partial charge in [-0.2, -0.15) is 15.0 Å². The van der Waals surface area contributed by atoms with Gasteiger partial charge in [-0.25, -0.2) is 4.79 Å². The van der Waals surface area contributed by atoms with Gasteiger partial charge in [-0.3, -0.25) is 9.59 Å². The number of carbonyl (C=O) groups is 3. The number of anilines is 6. The van der Waals surface area contributed by atoms with E-state index < -0.39 is 6.03 Å². The van der Waals surface area contributed by atoms with Crippen LogP contribution in [0.2, 0.25) is 0 Å². The van der Waals surface area contributed by atoms with Gasteiger partial charge in [0.15, 0.2) is 5.82 Å². The lowest BCUT2D eigenvalue weighted by molar-refractivity contribution is -0.116. The maximum Gasteiger partial charge on any atom is 0.323 e. The lowest BCUT2D eigenvalue weighted by Gasteiger charge is -2.30. The van der Waals surface area contributed by atoms with Crippen LogP contribution in [0.15, 0.2) is 72.8 Å². The molecule has 54 heavy (non-hydrogen) atoms. The summed E-state index contributed by atoms with van der Waals surface area (Å²) in [6.45, 7) is 5.88. The molecule has 0 unspecified atom stereocenters. The van der Waals surface area contributed by atoms with Crippen molar-refractivity contribution in [3.8, 4) is 11.4 Å². The Balaban J connectivity index is 0.910. The topological polar surface area (TPSA) is 189 Å². The molecule has 6 N–H and O–H groups in total. The smallest absolute Gasteiger partial charge is 0.323 e. The van der Waals surface area contributed by atoms with E-state index in [0.29, 0.717) is 112 Å². The van der Waals surface area contributed by atoms with Crippen LogP contribution in [-0.4, -0.2) is 91.9 Å². The van der Waals surface area contributed by atoms with Gasteiger partial charge in [0.25, 0.3) is 5.91 Å². The van der Waals surface area contributed by atoms with E-state index in [0.717, 1.165) is 37.7 Å². The SMILES string of the molecule is Nc1ccccc1NC(=O)CCCCCCCNC(=O)c1ccc(NC(=O)Nc2ccc(-c3nc(N4CCOCC4)nc(N4CCOCC4)n3)cc2)cc1. The van der Waals surface area contributed by atoms with E-state index in [1.165, 1.54) is 0 Å². The maximum atomic E-state index is 12.8. The molecular weight excluding hydrogens is 688 g/mol. The molecule has 15 nitrogen and oxygen atoms in total. The van der Waals surface area contributed by atoms with Crippen LogP contribution in [0.4, 0.5) is 39.4 Å². The van der Waals surface area contributed by atoms with Gasteiger partial charge in [-0.05, 0) is 73.5 Å². The molecule has 0 spiro atoms. The first-order chi connectivity index (χ1) is 26.4. The lowest BCUT2D eigenvalue weighted by Crippen LogP contribution is -2.40. The van der Waals surface area contributed by atoms with Gasteiger partial charge in [0.1, 0.15) is 0 Å². The average molecular weight is 737 g/mol. The molecule has 3 aromatic carbocycles. The predicted octanol–water partition coefficient (Wildman–Crippen LogP) is 5.15. The number of benzene rings is 3. The third kappa shape index (κ3) is 11.1. The zero-order valence-electron chi connectivity index (χ0n) is 30.4. The number of para-hydroxylation sites is 2. The van der Waals surface area contributed by atoms with Crippen molar-refractivity contribution in [3.63, 3.8) is 0 Å². The van der Waals surface area contributed by atoms with Gasteiger partial charge in [0.05, 0.1) is 37.8 Å². The van der Waals surface area contributed by atoms with Crippen molar-refractivity contribution in [3.05, 3.63) is 78.4 Å². The zero-order chi connectivity index (χ0) is 37.5. The number of nitrogens with two attached hydrogens (primary N) is 1. The monoisotopic (exact) mass is 736 g/mol. The second-order valence-electron chi connectivity index (χ2n) is 13.1. The normalized spacial score (nSPS) is 14.3. The minimum atomic E-state index is -0.411. The van der Waals surface area contributed by atoms with Gasteiger partial charge < -0.3 is 46.3 Å². The van der Waals surface area contributed by atoms with E-state index in [9.17, 15) is 14.4 Å². The fraction of sp³-hybridized carbons (Fsp3) is 0.385. The van der Waals surface area contributed by atoms with Crippen molar-refractivity contribution in [2.75, 3.05) is 90.6 Å². The Kier molecular flexibility index (Phi) is 13.6. The molecule has 0 bridgehead atoms. The second kappa shape index (κ2) is 19.3. The molecule has 6 rings (SSSR count). The summed E-state index contributed by atoms with van der Waals surface area (Å²) in [7, 11) is 0. The zero-order valence-corrected chi connectivity index (χ0v) is 30.4. The number of ether oxygens (including phenoxy) is 2. The molecule has 2 aliphatic heterocycles. The summed E-state index contributed by atoms with van der Waals surface area (Å²) in [6, 6.07) is 20.9. The molecule has 3 heterocycles. The third-order valence-electron chi connectivity index (χ3n) is 9.11. The summed E-state index contributed by atoms with van der Waals surface area (Å²) >= 11 is 0. The summed E-state index contributed by atoms with van der Waals surface area (Å²) in [5.74, 6) is 1.58. The van der Waals surface area contributed by atoms with Crippen LogP contribution in [0.25, 0.3) is 11.4 Å². The minimum absolute atomic E-state index is 0.0397. The Labute approximate surface area is 315 Å².